The average Bonchev–Trinajstić information content (AvgIpc) is 3.03. The predicted octanol–water partition coefficient (Wildman–Crippen LogP) is 2.08. The molecule has 1 N–H and O–H groups in total. The Morgan fingerprint density at radius 2 is 1.81 bits per heavy atom. The van der Waals surface area contributed by atoms with Gasteiger partial charge in [0.2, 0.25) is 10.0 Å². The molecule has 2 aromatic carbocycles. The summed E-state index contributed by atoms with van der Waals surface area (Å²) in [5.74, 6) is -0.931. The molecule has 2 heterocycles. The first-order chi connectivity index (χ1) is 12.8. The van der Waals surface area contributed by atoms with Crippen LogP contribution >= 0.6 is 0 Å². The molecule has 1 aliphatic heterocycles. The average molecular weight is 391 g/mol. The van der Waals surface area contributed by atoms with Crippen LogP contribution in [0.15, 0.2) is 50.5 Å². The van der Waals surface area contributed by atoms with Crippen molar-refractivity contribution in [3.63, 3.8) is 0 Å². The van der Waals surface area contributed by atoms with Gasteiger partial charge in [-0.25, -0.2) is 17.6 Å². The van der Waals surface area contributed by atoms with E-state index in [-0.39, 0.29) is 4.90 Å². The molecule has 0 atom stereocenters. The number of halogens is 1. The molecule has 0 saturated carbocycles. The zero-order valence-corrected chi connectivity index (χ0v) is 15.4. The van der Waals surface area contributed by atoms with E-state index in [0.717, 1.165) is 5.69 Å². The minimum atomic E-state index is -3.66. The van der Waals surface area contributed by atoms with E-state index in [9.17, 15) is 17.6 Å². The fourth-order valence-corrected chi connectivity index (χ4v) is 4.76. The molecule has 0 amide bonds. The van der Waals surface area contributed by atoms with Crippen molar-refractivity contribution in [1.82, 2.24) is 9.29 Å². The number of aromatic amines is 1. The lowest BCUT2D eigenvalue weighted by molar-refractivity contribution is 0.385. The summed E-state index contributed by atoms with van der Waals surface area (Å²) in [4.78, 5) is 16.0. The van der Waals surface area contributed by atoms with Gasteiger partial charge in [-0.3, -0.25) is 4.98 Å². The van der Waals surface area contributed by atoms with Gasteiger partial charge in [-0.1, -0.05) is 0 Å². The van der Waals surface area contributed by atoms with Gasteiger partial charge in [0, 0.05) is 31.9 Å². The van der Waals surface area contributed by atoms with Crippen LogP contribution in [0.3, 0.4) is 0 Å². The molecule has 0 bridgehead atoms. The Morgan fingerprint density at radius 1 is 1.07 bits per heavy atom. The normalized spacial score (nSPS) is 16.1. The van der Waals surface area contributed by atoms with Crippen LogP contribution in [0.2, 0.25) is 0 Å². The third-order valence-electron chi connectivity index (χ3n) is 4.77. The highest BCUT2D eigenvalue weighted by molar-refractivity contribution is 7.89. The summed E-state index contributed by atoms with van der Waals surface area (Å²) in [6, 6.07) is 9.21. The highest BCUT2D eigenvalue weighted by atomic mass is 32.2. The van der Waals surface area contributed by atoms with Crippen LogP contribution in [0.25, 0.3) is 11.1 Å². The van der Waals surface area contributed by atoms with Crippen LogP contribution in [-0.4, -0.2) is 43.9 Å². The molecule has 9 heteroatoms. The first-order valence-corrected chi connectivity index (χ1v) is 9.93. The molecule has 0 spiro atoms. The van der Waals surface area contributed by atoms with Gasteiger partial charge in [0.15, 0.2) is 5.58 Å². The van der Waals surface area contributed by atoms with Crippen LogP contribution in [0, 0.1) is 12.7 Å². The van der Waals surface area contributed by atoms with Crippen molar-refractivity contribution in [2.45, 2.75) is 11.8 Å². The summed E-state index contributed by atoms with van der Waals surface area (Å²) >= 11 is 0. The summed E-state index contributed by atoms with van der Waals surface area (Å²) in [7, 11) is -3.66. The predicted molar refractivity (Wildman–Crippen MR) is 98.9 cm³/mol. The van der Waals surface area contributed by atoms with Crippen molar-refractivity contribution in [3.8, 4) is 0 Å². The number of sulfonamides is 1. The Morgan fingerprint density at radius 3 is 2.52 bits per heavy atom. The van der Waals surface area contributed by atoms with Crippen LogP contribution in [-0.2, 0) is 10.0 Å². The largest absolute Gasteiger partial charge is 0.417 e. The molecule has 0 radical (unpaired) electrons. The maximum atomic E-state index is 13.4. The third kappa shape index (κ3) is 3.24. The van der Waals surface area contributed by atoms with Crippen LogP contribution < -0.4 is 10.7 Å². The number of aryl methyl sites for hydroxylation is 1. The summed E-state index contributed by atoms with van der Waals surface area (Å²) in [5.41, 5.74) is 2.28. The number of rotatable bonds is 3. The molecule has 4 rings (SSSR count). The summed E-state index contributed by atoms with van der Waals surface area (Å²) < 4.78 is 45.5. The molecule has 142 valence electrons. The Kier molecular flexibility index (Phi) is 4.27. The second-order valence-corrected chi connectivity index (χ2v) is 8.44. The molecule has 1 fully saturated rings. The molecule has 7 nitrogen and oxygen atoms in total. The molecular weight excluding hydrogens is 373 g/mol. The Balaban J connectivity index is 1.51. The third-order valence-corrected chi connectivity index (χ3v) is 6.67. The van der Waals surface area contributed by atoms with Gasteiger partial charge < -0.3 is 9.32 Å². The minimum Gasteiger partial charge on any atom is -0.408 e. The lowest BCUT2D eigenvalue weighted by atomic mass is 10.2. The maximum Gasteiger partial charge on any atom is 0.417 e. The van der Waals surface area contributed by atoms with E-state index in [1.54, 1.807) is 13.0 Å². The molecule has 1 saturated heterocycles. The van der Waals surface area contributed by atoms with Gasteiger partial charge in [0.25, 0.3) is 0 Å². The fourth-order valence-electron chi connectivity index (χ4n) is 3.25. The number of H-pyrrole nitrogens is 1. The van der Waals surface area contributed by atoms with E-state index in [4.69, 9.17) is 4.42 Å². The molecule has 0 aliphatic carbocycles. The summed E-state index contributed by atoms with van der Waals surface area (Å²) in [6.45, 7) is 3.19. The number of benzene rings is 2. The van der Waals surface area contributed by atoms with Gasteiger partial charge in [-0.05, 0) is 48.9 Å². The van der Waals surface area contributed by atoms with E-state index >= 15 is 0 Å². The number of fused-ring (bicyclic) bond motifs is 1. The maximum absolute atomic E-state index is 13.4. The number of hydrogen-bond acceptors (Lipinski definition) is 5. The lowest BCUT2D eigenvalue weighted by Crippen LogP contribution is -2.48. The number of oxazole rings is 1. The van der Waals surface area contributed by atoms with Crippen molar-refractivity contribution in [2.24, 2.45) is 0 Å². The smallest absolute Gasteiger partial charge is 0.408 e. The van der Waals surface area contributed by atoms with E-state index in [1.807, 2.05) is 17.0 Å². The molecule has 0 unspecified atom stereocenters. The van der Waals surface area contributed by atoms with Gasteiger partial charge in [0.1, 0.15) is 5.82 Å². The van der Waals surface area contributed by atoms with Gasteiger partial charge in [-0.2, -0.15) is 4.31 Å². The van der Waals surface area contributed by atoms with E-state index in [1.165, 1.54) is 22.5 Å². The monoisotopic (exact) mass is 391 g/mol. The van der Waals surface area contributed by atoms with Crippen LogP contribution in [0.4, 0.5) is 10.1 Å². The SMILES string of the molecule is Cc1cc(S(=O)(=O)N2CCN(c3ccc4oc(=O)[nH]c4c3)CC2)ccc1F. The molecular formula is C18H18FN3O4S. The zero-order chi connectivity index (χ0) is 19.2. The standard InChI is InChI=1S/C18H18FN3O4S/c1-12-10-14(3-4-15(12)19)27(24,25)22-8-6-21(7-9-22)13-2-5-17-16(11-13)20-18(23)26-17/h2-5,10-11H,6-9H2,1H3,(H,20,23). The Bertz CT molecular complexity index is 1160. The zero-order valence-electron chi connectivity index (χ0n) is 14.6. The first-order valence-electron chi connectivity index (χ1n) is 8.49. The molecule has 1 aromatic heterocycles. The number of anilines is 1. The number of nitrogens with zero attached hydrogens (tertiary/aromatic N) is 2. The Labute approximate surface area is 155 Å². The second-order valence-electron chi connectivity index (χ2n) is 6.50. The van der Waals surface area contributed by atoms with E-state index < -0.39 is 21.6 Å². The fraction of sp³-hybridized carbons (Fsp3) is 0.278. The number of aromatic nitrogens is 1. The van der Waals surface area contributed by atoms with Crippen LogP contribution in [0.1, 0.15) is 5.56 Å². The summed E-state index contributed by atoms with van der Waals surface area (Å²) in [6.07, 6.45) is 0. The highest BCUT2D eigenvalue weighted by Crippen LogP contribution is 2.24. The van der Waals surface area contributed by atoms with Crippen molar-refractivity contribution >= 4 is 26.8 Å². The molecule has 27 heavy (non-hydrogen) atoms. The van der Waals surface area contributed by atoms with E-state index in [0.29, 0.717) is 42.8 Å². The first kappa shape index (κ1) is 17.7. The Hall–Kier alpha value is -2.65. The lowest BCUT2D eigenvalue weighted by Gasteiger charge is -2.35. The summed E-state index contributed by atoms with van der Waals surface area (Å²) in [5, 5.41) is 0. The topological polar surface area (TPSA) is 86.6 Å². The molecule has 3 aromatic rings. The number of nitrogens with one attached hydrogen (secondary N) is 1. The van der Waals surface area contributed by atoms with Crippen molar-refractivity contribution in [3.05, 3.63) is 58.3 Å². The molecule has 1 aliphatic rings. The quantitative estimate of drug-likeness (QED) is 0.739. The van der Waals surface area contributed by atoms with Crippen molar-refractivity contribution in [2.75, 3.05) is 31.1 Å². The van der Waals surface area contributed by atoms with Crippen molar-refractivity contribution in [1.29, 1.82) is 0 Å². The van der Waals surface area contributed by atoms with Gasteiger partial charge >= 0.3 is 5.76 Å². The van der Waals surface area contributed by atoms with Gasteiger partial charge in [0.05, 0.1) is 10.4 Å². The number of piperazine rings is 1. The van der Waals surface area contributed by atoms with Gasteiger partial charge in [-0.15, -0.1) is 0 Å². The van der Waals surface area contributed by atoms with Crippen LogP contribution in [0.5, 0.6) is 0 Å². The number of hydrogen-bond donors (Lipinski definition) is 1. The second kappa shape index (κ2) is 6.50. The minimum absolute atomic E-state index is 0.104. The highest BCUT2D eigenvalue weighted by Gasteiger charge is 2.29. The van der Waals surface area contributed by atoms with E-state index in [2.05, 4.69) is 4.98 Å². The van der Waals surface area contributed by atoms with Crippen molar-refractivity contribution < 1.29 is 17.2 Å².